The molecule has 3 aliphatic heterocycles. The number of esters is 1. The Labute approximate surface area is 238 Å². The summed E-state index contributed by atoms with van der Waals surface area (Å²) in [6, 6.07) is 8.09. The number of benzene rings is 1. The first-order chi connectivity index (χ1) is 19.0. The van der Waals surface area contributed by atoms with Crippen LogP contribution in [0.3, 0.4) is 0 Å². The first-order valence-corrected chi connectivity index (χ1v) is 14.4. The molecule has 3 heterocycles. The van der Waals surface area contributed by atoms with Crippen LogP contribution in [0.1, 0.15) is 52.5 Å². The van der Waals surface area contributed by atoms with Gasteiger partial charge in [-0.2, -0.15) is 0 Å². The van der Waals surface area contributed by atoms with Crippen molar-refractivity contribution in [1.82, 2.24) is 9.80 Å². The van der Waals surface area contributed by atoms with Gasteiger partial charge in [-0.05, 0) is 43.6 Å². The van der Waals surface area contributed by atoms with Crippen molar-refractivity contribution < 1.29 is 29.0 Å². The van der Waals surface area contributed by atoms with E-state index in [9.17, 15) is 19.5 Å². The fourth-order valence-electron chi connectivity index (χ4n) is 7.23. The van der Waals surface area contributed by atoms with Crippen LogP contribution in [0.25, 0.3) is 0 Å². The lowest BCUT2D eigenvalue weighted by atomic mass is 9.62. The van der Waals surface area contributed by atoms with Gasteiger partial charge in [-0.3, -0.25) is 14.4 Å². The first-order valence-electron chi connectivity index (χ1n) is 14.4. The average molecular weight is 553 g/mol. The van der Waals surface area contributed by atoms with E-state index in [0.717, 1.165) is 5.56 Å². The minimum absolute atomic E-state index is 0.0941. The Bertz CT molecular complexity index is 1120. The van der Waals surface area contributed by atoms with Crippen LogP contribution >= 0.6 is 0 Å². The second-order valence-electron chi connectivity index (χ2n) is 12.2. The number of amides is 2. The summed E-state index contributed by atoms with van der Waals surface area (Å²) in [6.45, 7) is 15.9. The number of aliphatic hydroxyl groups excluding tert-OH is 1. The lowest BCUT2D eigenvalue weighted by molar-refractivity contribution is -0.164. The molecule has 0 radical (unpaired) electrons. The Kier molecular flexibility index (Phi) is 8.90. The number of ether oxygens (including phenoxy) is 2. The topological polar surface area (TPSA) is 96.4 Å². The lowest BCUT2D eigenvalue weighted by Gasteiger charge is -2.40. The Balaban J connectivity index is 1.80. The molecule has 0 saturated carbocycles. The number of carbonyl (C=O) groups excluding carboxylic acids is 3. The van der Waals surface area contributed by atoms with Crippen molar-refractivity contribution in [3.63, 3.8) is 0 Å². The zero-order valence-electron chi connectivity index (χ0n) is 24.3. The number of fused-ring (bicyclic) bond motifs is 1. The molecule has 218 valence electrons. The highest BCUT2D eigenvalue weighted by atomic mass is 16.6. The number of aliphatic hydroxyl groups is 1. The SMILES string of the molecule is C=CCCOC(=O)[C@@H]1[C@H]2C(=O)N([C@@H](CO)CC(C)C)C(C(=O)N(CC=C)Cc3ccccc3)C23CC(C)[C@@]1(C)O3. The summed E-state index contributed by atoms with van der Waals surface area (Å²) in [6.07, 6.45) is 4.81. The number of nitrogens with zero attached hydrogens (tertiary/aromatic N) is 2. The van der Waals surface area contributed by atoms with E-state index in [4.69, 9.17) is 9.47 Å². The quantitative estimate of drug-likeness (QED) is 0.228. The van der Waals surface area contributed by atoms with Crippen LogP contribution in [0.4, 0.5) is 0 Å². The largest absolute Gasteiger partial charge is 0.465 e. The highest BCUT2D eigenvalue weighted by Gasteiger charge is 2.80. The molecule has 40 heavy (non-hydrogen) atoms. The van der Waals surface area contributed by atoms with Gasteiger partial charge in [-0.15, -0.1) is 13.2 Å². The summed E-state index contributed by atoms with van der Waals surface area (Å²) in [7, 11) is 0. The number of hydrogen-bond acceptors (Lipinski definition) is 6. The average Bonchev–Trinajstić information content (AvgIpc) is 3.43. The molecule has 1 aromatic rings. The predicted molar refractivity (Wildman–Crippen MR) is 152 cm³/mol. The zero-order valence-corrected chi connectivity index (χ0v) is 24.3. The van der Waals surface area contributed by atoms with Gasteiger partial charge in [-0.1, -0.05) is 63.3 Å². The molecule has 0 aliphatic carbocycles. The molecule has 3 unspecified atom stereocenters. The predicted octanol–water partition coefficient (Wildman–Crippen LogP) is 3.74. The second-order valence-corrected chi connectivity index (χ2v) is 12.2. The highest BCUT2D eigenvalue weighted by Crippen LogP contribution is 2.65. The first kappa shape index (κ1) is 30.0. The molecule has 1 aromatic carbocycles. The summed E-state index contributed by atoms with van der Waals surface area (Å²) in [5.41, 5.74) is -1.21. The van der Waals surface area contributed by atoms with Crippen molar-refractivity contribution in [1.29, 1.82) is 0 Å². The van der Waals surface area contributed by atoms with Crippen LogP contribution in [-0.2, 0) is 30.4 Å². The summed E-state index contributed by atoms with van der Waals surface area (Å²) < 4.78 is 12.4. The van der Waals surface area contributed by atoms with E-state index in [1.54, 1.807) is 22.0 Å². The van der Waals surface area contributed by atoms with E-state index in [0.29, 0.717) is 25.8 Å². The highest BCUT2D eigenvalue weighted by molar-refractivity contribution is 5.98. The van der Waals surface area contributed by atoms with Crippen LogP contribution < -0.4 is 0 Å². The van der Waals surface area contributed by atoms with E-state index in [1.807, 2.05) is 58.0 Å². The molecule has 8 nitrogen and oxygen atoms in total. The molecule has 2 bridgehead atoms. The van der Waals surface area contributed by atoms with Crippen molar-refractivity contribution in [2.75, 3.05) is 19.8 Å². The normalized spacial score (nSPS) is 31.2. The van der Waals surface area contributed by atoms with Crippen molar-refractivity contribution in [2.24, 2.45) is 23.7 Å². The minimum Gasteiger partial charge on any atom is -0.465 e. The summed E-state index contributed by atoms with van der Waals surface area (Å²) in [5, 5.41) is 10.5. The third-order valence-electron chi connectivity index (χ3n) is 9.03. The second kappa shape index (κ2) is 11.9. The smallest absolute Gasteiger partial charge is 0.312 e. The van der Waals surface area contributed by atoms with E-state index < -0.39 is 41.1 Å². The third-order valence-corrected chi connectivity index (χ3v) is 9.03. The molecule has 3 aliphatic rings. The van der Waals surface area contributed by atoms with Crippen molar-refractivity contribution in [3.8, 4) is 0 Å². The summed E-state index contributed by atoms with van der Waals surface area (Å²) in [4.78, 5) is 45.8. The van der Waals surface area contributed by atoms with E-state index in [2.05, 4.69) is 13.2 Å². The zero-order chi connectivity index (χ0) is 29.2. The number of likely N-dealkylation sites (tertiary alicyclic amines) is 1. The maximum absolute atomic E-state index is 14.6. The molecule has 2 amide bonds. The molecule has 3 saturated heterocycles. The summed E-state index contributed by atoms with van der Waals surface area (Å²) >= 11 is 0. The van der Waals surface area contributed by atoms with Crippen LogP contribution in [0.2, 0.25) is 0 Å². The van der Waals surface area contributed by atoms with Gasteiger partial charge in [0.25, 0.3) is 0 Å². The molecular weight excluding hydrogens is 508 g/mol. The molecule has 7 atom stereocenters. The van der Waals surface area contributed by atoms with E-state index in [1.165, 1.54) is 0 Å². The minimum atomic E-state index is -1.20. The van der Waals surface area contributed by atoms with Gasteiger partial charge >= 0.3 is 5.97 Å². The van der Waals surface area contributed by atoms with Crippen molar-refractivity contribution >= 4 is 17.8 Å². The molecule has 1 N–H and O–H groups in total. The molecule has 0 aromatic heterocycles. The molecule has 4 rings (SSSR count). The van der Waals surface area contributed by atoms with Gasteiger partial charge in [0.15, 0.2) is 0 Å². The maximum Gasteiger partial charge on any atom is 0.312 e. The Hall–Kier alpha value is -2.97. The Morgan fingerprint density at radius 1 is 1.25 bits per heavy atom. The van der Waals surface area contributed by atoms with Gasteiger partial charge in [0, 0.05) is 13.1 Å². The number of rotatable bonds is 13. The van der Waals surface area contributed by atoms with Gasteiger partial charge in [0.1, 0.15) is 17.6 Å². The van der Waals surface area contributed by atoms with E-state index >= 15 is 0 Å². The fourth-order valence-corrected chi connectivity index (χ4v) is 7.23. The van der Waals surface area contributed by atoms with Crippen molar-refractivity contribution in [3.05, 3.63) is 61.2 Å². The van der Waals surface area contributed by atoms with Crippen LogP contribution in [-0.4, -0.2) is 75.7 Å². The lowest BCUT2D eigenvalue weighted by Crippen LogP contribution is -2.59. The number of carbonyl (C=O) groups is 3. The van der Waals surface area contributed by atoms with Gasteiger partial charge in [-0.25, -0.2) is 0 Å². The van der Waals surface area contributed by atoms with Gasteiger partial charge in [0.05, 0.1) is 30.8 Å². The van der Waals surface area contributed by atoms with Gasteiger partial charge in [0.2, 0.25) is 11.8 Å². The van der Waals surface area contributed by atoms with Crippen molar-refractivity contribution in [2.45, 2.75) is 76.8 Å². The maximum atomic E-state index is 14.6. The van der Waals surface area contributed by atoms with Crippen LogP contribution in [0, 0.1) is 23.7 Å². The molecule has 8 heteroatoms. The Morgan fingerprint density at radius 2 is 1.95 bits per heavy atom. The standard InChI is InChI=1S/C32H44N2O6/c1-7-9-16-39-30(38)26-25-28(36)34(24(20-35)17-21(3)4)27(32(25)18-22(5)31(26,6)40-32)29(37)33(15-8-2)19-23-13-11-10-12-14-23/h7-8,10-14,21-22,24-27,35H,1-2,9,15-20H2,3-6H3/t22?,24-,25+,26+,27?,31-,32?/m1/s1. The molecule has 3 fully saturated rings. The summed E-state index contributed by atoms with van der Waals surface area (Å²) in [5.74, 6) is -2.72. The fraction of sp³-hybridized carbons (Fsp3) is 0.594. The third kappa shape index (κ3) is 5.00. The molecular formula is C32H44N2O6. The monoisotopic (exact) mass is 552 g/mol. The van der Waals surface area contributed by atoms with Crippen LogP contribution in [0.15, 0.2) is 55.6 Å². The van der Waals surface area contributed by atoms with Gasteiger partial charge < -0.3 is 24.4 Å². The number of hydrogen-bond donors (Lipinski definition) is 1. The molecule has 1 spiro atoms. The van der Waals surface area contributed by atoms with Crippen LogP contribution in [0.5, 0.6) is 0 Å². The Morgan fingerprint density at radius 3 is 2.55 bits per heavy atom. The van der Waals surface area contributed by atoms with E-state index in [-0.39, 0.29) is 43.4 Å².